The topological polar surface area (TPSA) is 30.7 Å². The summed E-state index contributed by atoms with van der Waals surface area (Å²) in [5.74, 6) is 0. The maximum absolute atomic E-state index is 4.13. The second-order valence-electron chi connectivity index (χ2n) is 3.23. The van der Waals surface area contributed by atoms with Crippen molar-refractivity contribution in [2.75, 3.05) is 0 Å². The standard InChI is InChI=1S/C11H13N3/c1-3-9(4-2)14-11-8-6-5-7-10(11)12-13-14/h3,5-9H,1,4H2,2H3. The number of benzene rings is 1. The molecule has 0 aliphatic heterocycles. The van der Waals surface area contributed by atoms with Gasteiger partial charge in [-0.05, 0) is 18.6 Å². The second kappa shape index (κ2) is 3.62. The molecule has 1 atom stereocenters. The molecule has 0 spiro atoms. The number of rotatable bonds is 3. The molecule has 72 valence electrons. The number of allylic oxidation sites excluding steroid dienone is 1. The van der Waals surface area contributed by atoms with Crippen LogP contribution in [0.4, 0.5) is 0 Å². The summed E-state index contributed by atoms with van der Waals surface area (Å²) < 4.78 is 1.92. The molecule has 0 aliphatic rings. The Hall–Kier alpha value is -1.64. The van der Waals surface area contributed by atoms with Gasteiger partial charge in [0.2, 0.25) is 0 Å². The van der Waals surface area contributed by atoms with Crippen molar-refractivity contribution in [1.82, 2.24) is 15.0 Å². The van der Waals surface area contributed by atoms with Gasteiger partial charge in [0.1, 0.15) is 5.52 Å². The predicted molar refractivity (Wildman–Crippen MR) is 57.1 cm³/mol. The minimum Gasteiger partial charge on any atom is -0.238 e. The van der Waals surface area contributed by atoms with Crippen molar-refractivity contribution in [1.29, 1.82) is 0 Å². The highest BCUT2D eigenvalue weighted by atomic mass is 15.4. The minimum atomic E-state index is 0.238. The van der Waals surface area contributed by atoms with Crippen LogP contribution in [0.5, 0.6) is 0 Å². The van der Waals surface area contributed by atoms with Gasteiger partial charge >= 0.3 is 0 Å². The average Bonchev–Trinajstić information content (AvgIpc) is 2.65. The van der Waals surface area contributed by atoms with Crippen molar-refractivity contribution in [3.63, 3.8) is 0 Å². The smallest absolute Gasteiger partial charge is 0.113 e. The van der Waals surface area contributed by atoms with Crippen molar-refractivity contribution in [3.8, 4) is 0 Å². The predicted octanol–water partition coefficient (Wildman–Crippen LogP) is 2.57. The van der Waals surface area contributed by atoms with Crippen molar-refractivity contribution >= 4 is 11.0 Å². The Balaban J connectivity index is 2.57. The highest BCUT2D eigenvalue weighted by Gasteiger charge is 2.09. The lowest BCUT2D eigenvalue weighted by Gasteiger charge is -2.09. The molecule has 1 unspecified atom stereocenters. The summed E-state index contributed by atoms with van der Waals surface area (Å²) in [6, 6.07) is 8.20. The van der Waals surface area contributed by atoms with Crippen molar-refractivity contribution in [2.45, 2.75) is 19.4 Å². The van der Waals surface area contributed by atoms with Crippen LogP contribution in [0, 0.1) is 0 Å². The zero-order valence-electron chi connectivity index (χ0n) is 8.22. The molecule has 3 heteroatoms. The monoisotopic (exact) mass is 187 g/mol. The maximum Gasteiger partial charge on any atom is 0.113 e. The lowest BCUT2D eigenvalue weighted by molar-refractivity contribution is 0.523. The summed E-state index contributed by atoms with van der Waals surface area (Å²) in [7, 11) is 0. The quantitative estimate of drug-likeness (QED) is 0.691. The molecule has 2 aromatic rings. The van der Waals surface area contributed by atoms with E-state index in [1.54, 1.807) is 0 Å². The molecule has 0 amide bonds. The van der Waals surface area contributed by atoms with E-state index in [0.717, 1.165) is 17.5 Å². The van der Waals surface area contributed by atoms with E-state index in [2.05, 4.69) is 23.8 Å². The molecule has 0 bridgehead atoms. The third-order valence-electron chi connectivity index (χ3n) is 2.38. The van der Waals surface area contributed by atoms with E-state index in [9.17, 15) is 0 Å². The van der Waals surface area contributed by atoms with Gasteiger partial charge in [0.15, 0.2) is 0 Å². The van der Waals surface area contributed by atoms with Crippen LogP contribution in [0.3, 0.4) is 0 Å². The zero-order valence-corrected chi connectivity index (χ0v) is 8.22. The van der Waals surface area contributed by atoms with E-state index in [1.807, 2.05) is 35.0 Å². The van der Waals surface area contributed by atoms with Gasteiger partial charge in [-0.3, -0.25) is 0 Å². The fourth-order valence-electron chi connectivity index (χ4n) is 1.57. The number of para-hydroxylation sites is 1. The summed E-state index contributed by atoms with van der Waals surface area (Å²) in [6.45, 7) is 5.92. The van der Waals surface area contributed by atoms with Crippen LogP contribution in [0.25, 0.3) is 11.0 Å². The molecule has 0 radical (unpaired) electrons. The first-order valence-corrected chi connectivity index (χ1v) is 4.79. The van der Waals surface area contributed by atoms with E-state index in [1.165, 1.54) is 0 Å². The Morgan fingerprint density at radius 2 is 2.29 bits per heavy atom. The number of fused-ring (bicyclic) bond motifs is 1. The van der Waals surface area contributed by atoms with E-state index in [-0.39, 0.29) is 6.04 Å². The summed E-state index contributed by atoms with van der Waals surface area (Å²) >= 11 is 0. The van der Waals surface area contributed by atoms with Crippen molar-refractivity contribution in [2.24, 2.45) is 0 Å². The molecule has 1 aromatic heterocycles. The van der Waals surface area contributed by atoms with Crippen LogP contribution in [0.1, 0.15) is 19.4 Å². The average molecular weight is 187 g/mol. The molecule has 0 saturated heterocycles. The van der Waals surface area contributed by atoms with Crippen molar-refractivity contribution in [3.05, 3.63) is 36.9 Å². The van der Waals surface area contributed by atoms with Crippen LogP contribution in [0.2, 0.25) is 0 Å². The van der Waals surface area contributed by atoms with Crippen molar-refractivity contribution < 1.29 is 0 Å². The minimum absolute atomic E-state index is 0.238. The first kappa shape index (κ1) is 8.94. The molecule has 0 aliphatic carbocycles. The number of hydrogen-bond acceptors (Lipinski definition) is 2. The van der Waals surface area contributed by atoms with Gasteiger partial charge in [-0.1, -0.05) is 30.3 Å². The van der Waals surface area contributed by atoms with Crippen LogP contribution < -0.4 is 0 Å². The van der Waals surface area contributed by atoms with Gasteiger partial charge in [-0.2, -0.15) is 0 Å². The highest BCUT2D eigenvalue weighted by molar-refractivity contribution is 5.74. The second-order valence-corrected chi connectivity index (χ2v) is 3.23. The van der Waals surface area contributed by atoms with E-state index >= 15 is 0 Å². The summed E-state index contributed by atoms with van der Waals surface area (Å²) in [4.78, 5) is 0. The summed E-state index contributed by atoms with van der Waals surface area (Å²) in [6.07, 6.45) is 2.89. The van der Waals surface area contributed by atoms with Gasteiger partial charge in [-0.15, -0.1) is 11.7 Å². The van der Waals surface area contributed by atoms with E-state index in [0.29, 0.717) is 0 Å². The number of aromatic nitrogens is 3. The normalized spacial score (nSPS) is 12.9. The third kappa shape index (κ3) is 1.31. The molecular weight excluding hydrogens is 174 g/mol. The lowest BCUT2D eigenvalue weighted by Crippen LogP contribution is -2.06. The molecule has 1 heterocycles. The molecule has 3 nitrogen and oxygen atoms in total. The van der Waals surface area contributed by atoms with Gasteiger partial charge in [0, 0.05) is 0 Å². The molecule has 1 aromatic carbocycles. The molecular formula is C11H13N3. The lowest BCUT2D eigenvalue weighted by atomic mass is 10.2. The van der Waals surface area contributed by atoms with Gasteiger partial charge < -0.3 is 0 Å². The number of nitrogens with zero attached hydrogens (tertiary/aromatic N) is 3. The summed E-state index contributed by atoms with van der Waals surface area (Å²) in [5.41, 5.74) is 2.01. The highest BCUT2D eigenvalue weighted by Crippen LogP contribution is 2.18. The van der Waals surface area contributed by atoms with Gasteiger partial charge in [0.05, 0.1) is 11.6 Å². The van der Waals surface area contributed by atoms with Crippen LogP contribution in [-0.4, -0.2) is 15.0 Å². The molecule has 2 rings (SSSR count). The Labute approximate surface area is 83.0 Å². The Morgan fingerprint density at radius 1 is 1.50 bits per heavy atom. The molecule has 14 heavy (non-hydrogen) atoms. The summed E-state index contributed by atoms with van der Waals surface area (Å²) in [5, 5.41) is 8.23. The fourth-order valence-corrected chi connectivity index (χ4v) is 1.57. The van der Waals surface area contributed by atoms with Crippen LogP contribution in [-0.2, 0) is 0 Å². The van der Waals surface area contributed by atoms with Gasteiger partial charge in [-0.25, -0.2) is 4.68 Å². The number of hydrogen-bond donors (Lipinski definition) is 0. The first-order chi connectivity index (χ1) is 6.86. The largest absolute Gasteiger partial charge is 0.238 e. The maximum atomic E-state index is 4.13. The zero-order chi connectivity index (χ0) is 9.97. The van der Waals surface area contributed by atoms with Gasteiger partial charge in [0.25, 0.3) is 0 Å². The fraction of sp³-hybridized carbons (Fsp3) is 0.273. The van der Waals surface area contributed by atoms with E-state index < -0.39 is 0 Å². The van der Waals surface area contributed by atoms with Crippen LogP contribution in [0.15, 0.2) is 36.9 Å². The Morgan fingerprint density at radius 3 is 3.00 bits per heavy atom. The molecule has 0 fully saturated rings. The first-order valence-electron chi connectivity index (χ1n) is 4.79. The third-order valence-corrected chi connectivity index (χ3v) is 2.38. The van der Waals surface area contributed by atoms with E-state index in [4.69, 9.17) is 0 Å². The Kier molecular flexibility index (Phi) is 2.31. The molecule has 0 saturated carbocycles. The Bertz CT molecular complexity index is 444. The van der Waals surface area contributed by atoms with Crippen LogP contribution >= 0.6 is 0 Å². The SMILES string of the molecule is C=CC(CC)n1nnc2ccccc21. The molecule has 0 N–H and O–H groups in total.